The second-order valence-electron chi connectivity index (χ2n) is 2.26. The van der Waals surface area contributed by atoms with Gasteiger partial charge in [0.05, 0.1) is 5.37 Å². The van der Waals surface area contributed by atoms with Crippen molar-refractivity contribution >= 4 is 12.6 Å². The summed E-state index contributed by atoms with van der Waals surface area (Å²) in [5, 5.41) is 3.70. The van der Waals surface area contributed by atoms with Crippen LogP contribution < -0.4 is 5.32 Å². The first kappa shape index (κ1) is 5.45. The zero-order valence-electron chi connectivity index (χ0n) is 4.52. The highest BCUT2D eigenvalue weighted by Gasteiger charge is 2.15. The summed E-state index contributed by atoms with van der Waals surface area (Å²) in [6.07, 6.45) is 1.23. The van der Waals surface area contributed by atoms with Gasteiger partial charge in [0.15, 0.2) is 0 Å². The van der Waals surface area contributed by atoms with Gasteiger partial charge in [-0.3, -0.25) is 0 Å². The summed E-state index contributed by atoms with van der Waals surface area (Å²) in [6.45, 7) is 3.39. The molecule has 1 heterocycles. The quantitative estimate of drug-likeness (QED) is 0.449. The third kappa shape index (κ3) is 1.35. The van der Waals surface area contributed by atoms with E-state index in [9.17, 15) is 0 Å². The highest BCUT2D eigenvalue weighted by atomic mass is 32.1. The SMILES string of the molecule is CC1CNC(S)C1. The lowest BCUT2D eigenvalue weighted by molar-refractivity contribution is 0.649. The van der Waals surface area contributed by atoms with Crippen LogP contribution in [0.5, 0.6) is 0 Å². The van der Waals surface area contributed by atoms with Gasteiger partial charge in [-0.15, -0.1) is 0 Å². The molecule has 1 aliphatic rings. The standard InChI is InChI=1S/C5H11NS/c1-4-2-5(7)6-3-4/h4-7H,2-3H2,1H3. The molecule has 7 heavy (non-hydrogen) atoms. The van der Waals surface area contributed by atoms with Gasteiger partial charge in [-0.1, -0.05) is 6.92 Å². The molecule has 0 radical (unpaired) electrons. The van der Waals surface area contributed by atoms with Gasteiger partial charge in [0.1, 0.15) is 0 Å². The first-order valence-electron chi connectivity index (χ1n) is 2.70. The van der Waals surface area contributed by atoms with E-state index in [4.69, 9.17) is 0 Å². The van der Waals surface area contributed by atoms with Crippen molar-refractivity contribution < 1.29 is 0 Å². The lowest BCUT2D eigenvalue weighted by Gasteiger charge is -1.95. The van der Waals surface area contributed by atoms with Crippen molar-refractivity contribution in [1.29, 1.82) is 0 Å². The van der Waals surface area contributed by atoms with Gasteiger partial charge in [-0.2, -0.15) is 12.6 Å². The maximum Gasteiger partial charge on any atom is 0.0505 e. The molecule has 0 spiro atoms. The van der Waals surface area contributed by atoms with Gasteiger partial charge in [-0.25, -0.2) is 0 Å². The Balaban J connectivity index is 2.26. The minimum absolute atomic E-state index is 0.468. The van der Waals surface area contributed by atoms with Crippen molar-refractivity contribution in [2.45, 2.75) is 18.7 Å². The zero-order chi connectivity index (χ0) is 5.28. The fraction of sp³-hybridized carbons (Fsp3) is 1.00. The highest BCUT2D eigenvalue weighted by Crippen LogP contribution is 2.14. The molecule has 1 aliphatic heterocycles. The van der Waals surface area contributed by atoms with Crippen LogP contribution in [0.15, 0.2) is 0 Å². The number of nitrogens with one attached hydrogen (secondary N) is 1. The predicted octanol–water partition coefficient (Wildman–Crippen LogP) is 0.872. The molecule has 0 bridgehead atoms. The van der Waals surface area contributed by atoms with Crippen LogP contribution in [-0.2, 0) is 0 Å². The first-order chi connectivity index (χ1) is 3.29. The molecule has 2 heteroatoms. The third-order valence-electron chi connectivity index (χ3n) is 1.33. The molecule has 0 aromatic carbocycles. The van der Waals surface area contributed by atoms with Crippen LogP contribution in [0.25, 0.3) is 0 Å². The Hall–Kier alpha value is 0.310. The minimum Gasteiger partial charge on any atom is -0.305 e. The number of hydrogen-bond donors (Lipinski definition) is 2. The smallest absolute Gasteiger partial charge is 0.0505 e. The van der Waals surface area contributed by atoms with Crippen molar-refractivity contribution in [2.24, 2.45) is 5.92 Å². The Morgan fingerprint density at radius 1 is 1.71 bits per heavy atom. The number of rotatable bonds is 0. The van der Waals surface area contributed by atoms with Gasteiger partial charge >= 0.3 is 0 Å². The summed E-state index contributed by atoms with van der Waals surface area (Å²) in [5.41, 5.74) is 0. The Bertz CT molecular complexity index is 57.1. The lowest BCUT2D eigenvalue weighted by Crippen LogP contribution is -2.14. The highest BCUT2D eigenvalue weighted by molar-refractivity contribution is 7.80. The number of thiol groups is 1. The van der Waals surface area contributed by atoms with Crippen molar-refractivity contribution in [3.8, 4) is 0 Å². The predicted molar refractivity (Wildman–Crippen MR) is 34.6 cm³/mol. The molecule has 0 aromatic heterocycles. The molecular weight excluding hydrogens is 106 g/mol. The van der Waals surface area contributed by atoms with Gasteiger partial charge in [0.2, 0.25) is 0 Å². The van der Waals surface area contributed by atoms with Crippen molar-refractivity contribution in [3.05, 3.63) is 0 Å². The Morgan fingerprint density at radius 2 is 2.43 bits per heavy atom. The molecule has 0 aromatic rings. The van der Waals surface area contributed by atoms with Gasteiger partial charge in [-0.05, 0) is 18.9 Å². The van der Waals surface area contributed by atoms with E-state index >= 15 is 0 Å². The molecule has 1 saturated heterocycles. The van der Waals surface area contributed by atoms with E-state index in [1.165, 1.54) is 6.42 Å². The van der Waals surface area contributed by atoms with E-state index in [2.05, 4.69) is 24.9 Å². The molecule has 1 N–H and O–H groups in total. The summed E-state index contributed by atoms with van der Waals surface area (Å²) in [5.74, 6) is 0.836. The Kier molecular flexibility index (Phi) is 1.60. The summed E-state index contributed by atoms with van der Waals surface area (Å²) >= 11 is 4.24. The Morgan fingerprint density at radius 3 is 2.57 bits per heavy atom. The normalized spacial score (nSPS) is 42.0. The van der Waals surface area contributed by atoms with E-state index in [-0.39, 0.29) is 0 Å². The minimum atomic E-state index is 0.468. The second kappa shape index (κ2) is 2.05. The third-order valence-corrected chi connectivity index (χ3v) is 1.72. The van der Waals surface area contributed by atoms with E-state index in [0.717, 1.165) is 12.5 Å². The molecule has 1 rings (SSSR count). The van der Waals surface area contributed by atoms with E-state index in [0.29, 0.717) is 5.37 Å². The van der Waals surface area contributed by atoms with E-state index in [1.54, 1.807) is 0 Å². The van der Waals surface area contributed by atoms with Gasteiger partial charge < -0.3 is 5.32 Å². The van der Waals surface area contributed by atoms with Crippen molar-refractivity contribution in [3.63, 3.8) is 0 Å². The molecule has 0 amide bonds. The average Bonchev–Trinajstić information content (AvgIpc) is 1.87. The monoisotopic (exact) mass is 117 g/mol. The van der Waals surface area contributed by atoms with Gasteiger partial charge in [0.25, 0.3) is 0 Å². The average molecular weight is 117 g/mol. The van der Waals surface area contributed by atoms with Crippen LogP contribution in [0.3, 0.4) is 0 Å². The van der Waals surface area contributed by atoms with Crippen molar-refractivity contribution in [2.75, 3.05) is 6.54 Å². The van der Waals surface area contributed by atoms with Crippen LogP contribution in [0.4, 0.5) is 0 Å². The summed E-state index contributed by atoms with van der Waals surface area (Å²) < 4.78 is 0. The van der Waals surface area contributed by atoms with Crippen LogP contribution in [0.2, 0.25) is 0 Å². The molecule has 1 fully saturated rings. The van der Waals surface area contributed by atoms with Crippen LogP contribution in [0, 0.1) is 5.92 Å². The summed E-state index contributed by atoms with van der Waals surface area (Å²) in [6, 6.07) is 0. The largest absolute Gasteiger partial charge is 0.305 e. The molecule has 1 nitrogen and oxygen atoms in total. The first-order valence-corrected chi connectivity index (χ1v) is 3.22. The van der Waals surface area contributed by atoms with Crippen LogP contribution in [0.1, 0.15) is 13.3 Å². The van der Waals surface area contributed by atoms with Gasteiger partial charge in [0, 0.05) is 0 Å². The molecular formula is C5H11NS. The maximum absolute atomic E-state index is 4.24. The van der Waals surface area contributed by atoms with Crippen LogP contribution in [-0.4, -0.2) is 11.9 Å². The molecule has 0 aliphatic carbocycles. The fourth-order valence-corrected chi connectivity index (χ4v) is 1.35. The number of hydrogen-bond acceptors (Lipinski definition) is 2. The summed E-state index contributed by atoms with van der Waals surface area (Å²) in [4.78, 5) is 0. The second-order valence-corrected chi connectivity index (χ2v) is 2.89. The van der Waals surface area contributed by atoms with E-state index in [1.807, 2.05) is 0 Å². The molecule has 2 atom stereocenters. The molecule has 42 valence electrons. The molecule has 0 saturated carbocycles. The van der Waals surface area contributed by atoms with Crippen LogP contribution >= 0.6 is 12.6 Å². The lowest BCUT2D eigenvalue weighted by atomic mass is 10.2. The zero-order valence-corrected chi connectivity index (χ0v) is 5.41. The Labute approximate surface area is 49.9 Å². The fourth-order valence-electron chi connectivity index (χ4n) is 0.885. The molecule has 2 unspecified atom stereocenters. The summed E-state index contributed by atoms with van der Waals surface area (Å²) in [7, 11) is 0. The van der Waals surface area contributed by atoms with E-state index < -0.39 is 0 Å². The van der Waals surface area contributed by atoms with Crippen molar-refractivity contribution in [1.82, 2.24) is 5.32 Å². The topological polar surface area (TPSA) is 12.0 Å². The maximum atomic E-state index is 4.24.